The Bertz CT molecular complexity index is 584. The third-order valence-electron chi connectivity index (χ3n) is 3.89. The van der Waals surface area contributed by atoms with Gasteiger partial charge in [0.2, 0.25) is 5.75 Å². The predicted molar refractivity (Wildman–Crippen MR) is 89.5 cm³/mol. The van der Waals surface area contributed by atoms with Crippen LogP contribution in [0.25, 0.3) is 0 Å². The van der Waals surface area contributed by atoms with Gasteiger partial charge in [0, 0.05) is 12.1 Å². The van der Waals surface area contributed by atoms with Gasteiger partial charge < -0.3 is 19.1 Å². The maximum absolute atomic E-state index is 13.0. The van der Waals surface area contributed by atoms with Gasteiger partial charge in [0.05, 0.1) is 27.4 Å². The maximum atomic E-state index is 13.0. The standard InChI is InChI=1S/C18H23NO4/c1-5-10-19(14-8-6-7-9-14)18(20)13-11-15(21-2)17(23-4)16(12-13)22-3/h5-6,8,11-12,14H,1,7,9-10H2,2-4H3/t14-/m0/s1. The summed E-state index contributed by atoms with van der Waals surface area (Å²) in [5, 5.41) is 0. The van der Waals surface area contributed by atoms with Crippen LogP contribution in [-0.4, -0.2) is 44.7 Å². The lowest BCUT2D eigenvalue weighted by atomic mass is 10.1. The van der Waals surface area contributed by atoms with Crippen LogP contribution < -0.4 is 14.2 Å². The minimum Gasteiger partial charge on any atom is -0.493 e. The summed E-state index contributed by atoms with van der Waals surface area (Å²) in [5.41, 5.74) is 0.502. The molecule has 0 N–H and O–H groups in total. The SMILES string of the molecule is C=CCN(C(=O)c1cc(OC)c(OC)c(OC)c1)[C@H]1C=CCC1. The molecule has 1 aromatic rings. The van der Waals surface area contributed by atoms with Gasteiger partial charge in [0.25, 0.3) is 5.91 Å². The van der Waals surface area contributed by atoms with E-state index < -0.39 is 0 Å². The molecule has 1 aliphatic carbocycles. The Kier molecular flexibility index (Phi) is 5.68. The summed E-state index contributed by atoms with van der Waals surface area (Å²) in [6.45, 7) is 4.25. The van der Waals surface area contributed by atoms with Crippen molar-refractivity contribution in [1.29, 1.82) is 0 Å². The molecule has 0 heterocycles. The van der Waals surface area contributed by atoms with E-state index in [1.54, 1.807) is 23.1 Å². The second-order valence-electron chi connectivity index (χ2n) is 5.23. The number of allylic oxidation sites excluding steroid dienone is 1. The predicted octanol–water partition coefficient (Wildman–Crippen LogP) is 3.06. The molecule has 0 saturated carbocycles. The van der Waals surface area contributed by atoms with Gasteiger partial charge in [-0.2, -0.15) is 0 Å². The van der Waals surface area contributed by atoms with E-state index in [0.717, 1.165) is 12.8 Å². The molecule has 0 fully saturated rings. The van der Waals surface area contributed by atoms with Crippen molar-refractivity contribution in [2.75, 3.05) is 27.9 Å². The average molecular weight is 317 g/mol. The topological polar surface area (TPSA) is 48.0 Å². The van der Waals surface area contributed by atoms with E-state index in [9.17, 15) is 4.79 Å². The zero-order valence-electron chi connectivity index (χ0n) is 13.9. The quantitative estimate of drug-likeness (QED) is 0.725. The molecule has 0 spiro atoms. The minimum atomic E-state index is -0.0827. The third kappa shape index (κ3) is 3.50. The molecule has 0 aromatic heterocycles. The zero-order valence-corrected chi connectivity index (χ0v) is 13.9. The molecule has 0 unspecified atom stereocenters. The first-order valence-electron chi connectivity index (χ1n) is 7.54. The van der Waals surface area contributed by atoms with Gasteiger partial charge >= 0.3 is 0 Å². The third-order valence-corrected chi connectivity index (χ3v) is 3.89. The fraction of sp³-hybridized carbons (Fsp3) is 0.389. The van der Waals surface area contributed by atoms with Crippen molar-refractivity contribution >= 4 is 5.91 Å². The van der Waals surface area contributed by atoms with Gasteiger partial charge in [-0.3, -0.25) is 4.79 Å². The number of methoxy groups -OCH3 is 3. The number of amides is 1. The number of ether oxygens (including phenoxy) is 3. The van der Waals surface area contributed by atoms with Crippen LogP contribution in [0, 0.1) is 0 Å². The Morgan fingerprint density at radius 1 is 1.26 bits per heavy atom. The first-order chi connectivity index (χ1) is 11.2. The fourth-order valence-corrected chi connectivity index (χ4v) is 2.75. The highest BCUT2D eigenvalue weighted by atomic mass is 16.5. The molecule has 5 heteroatoms. The summed E-state index contributed by atoms with van der Waals surface area (Å²) in [6, 6.07) is 3.45. The summed E-state index contributed by atoms with van der Waals surface area (Å²) < 4.78 is 15.9. The Morgan fingerprint density at radius 3 is 2.35 bits per heavy atom. The van der Waals surface area contributed by atoms with E-state index >= 15 is 0 Å². The van der Waals surface area contributed by atoms with Crippen LogP contribution in [0.4, 0.5) is 0 Å². The molecule has 23 heavy (non-hydrogen) atoms. The smallest absolute Gasteiger partial charge is 0.254 e. The minimum absolute atomic E-state index is 0.0827. The van der Waals surface area contributed by atoms with Gasteiger partial charge in [0.15, 0.2) is 11.5 Å². The van der Waals surface area contributed by atoms with Gasteiger partial charge in [-0.15, -0.1) is 6.58 Å². The van der Waals surface area contributed by atoms with Crippen molar-refractivity contribution in [1.82, 2.24) is 4.90 Å². The molecule has 0 saturated heterocycles. The van der Waals surface area contributed by atoms with Crippen molar-refractivity contribution in [3.8, 4) is 17.2 Å². The molecular formula is C18H23NO4. The van der Waals surface area contributed by atoms with E-state index in [2.05, 4.69) is 18.7 Å². The van der Waals surface area contributed by atoms with Crippen LogP contribution in [-0.2, 0) is 0 Å². The first kappa shape index (κ1) is 16.9. The zero-order chi connectivity index (χ0) is 16.8. The normalized spacial score (nSPS) is 16.0. The van der Waals surface area contributed by atoms with E-state index in [4.69, 9.17) is 14.2 Å². The largest absolute Gasteiger partial charge is 0.493 e. The van der Waals surface area contributed by atoms with Crippen molar-refractivity contribution in [2.45, 2.75) is 18.9 Å². The lowest BCUT2D eigenvalue weighted by Crippen LogP contribution is -2.38. The highest BCUT2D eigenvalue weighted by molar-refractivity contribution is 5.96. The summed E-state index contributed by atoms with van der Waals surface area (Å²) in [5.74, 6) is 1.33. The lowest BCUT2D eigenvalue weighted by molar-refractivity contribution is 0.0733. The van der Waals surface area contributed by atoms with Crippen molar-refractivity contribution in [3.05, 3.63) is 42.5 Å². The molecular weight excluding hydrogens is 294 g/mol. The molecule has 1 aliphatic rings. The van der Waals surface area contributed by atoms with Crippen LogP contribution in [0.1, 0.15) is 23.2 Å². The number of carbonyl (C=O) groups excluding carboxylic acids is 1. The van der Waals surface area contributed by atoms with Crippen LogP contribution >= 0.6 is 0 Å². The van der Waals surface area contributed by atoms with E-state index in [1.165, 1.54) is 21.3 Å². The van der Waals surface area contributed by atoms with Gasteiger partial charge in [0.1, 0.15) is 0 Å². The van der Waals surface area contributed by atoms with Crippen LogP contribution in [0.3, 0.4) is 0 Å². The van der Waals surface area contributed by atoms with Gasteiger partial charge in [-0.25, -0.2) is 0 Å². The van der Waals surface area contributed by atoms with Crippen molar-refractivity contribution in [3.63, 3.8) is 0 Å². The van der Waals surface area contributed by atoms with Crippen LogP contribution in [0.15, 0.2) is 36.9 Å². The lowest BCUT2D eigenvalue weighted by Gasteiger charge is -2.27. The molecule has 5 nitrogen and oxygen atoms in total. The maximum Gasteiger partial charge on any atom is 0.254 e. The molecule has 0 bridgehead atoms. The summed E-state index contributed by atoms with van der Waals surface area (Å²) >= 11 is 0. The van der Waals surface area contributed by atoms with Crippen LogP contribution in [0.5, 0.6) is 17.2 Å². The summed E-state index contributed by atoms with van der Waals surface area (Å²) in [7, 11) is 4.61. The highest BCUT2D eigenvalue weighted by Crippen LogP contribution is 2.38. The Balaban J connectivity index is 2.40. The molecule has 2 rings (SSSR count). The van der Waals surface area contributed by atoms with E-state index in [-0.39, 0.29) is 11.9 Å². The monoisotopic (exact) mass is 317 g/mol. The Labute approximate surface area is 137 Å². The van der Waals surface area contributed by atoms with E-state index in [0.29, 0.717) is 29.4 Å². The number of benzene rings is 1. The molecule has 1 amide bonds. The van der Waals surface area contributed by atoms with Gasteiger partial charge in [-0.05, 0) is 25.0 Å². The number of rotatable bonds is 7. The molecule has 0 radical (unpaired) electrons. The number of hydrogen-bond donors (Lipinski definition) is 0. The number of carbonyl (C=O) groups is 1. The highest BCUT2D eigenvalue weighted by Gasteiger charge is 2.26. The second kappa shape index (κ2) is 7.72. The van der Waals surface area contributed by atoms with E-state index in [1.807, 2.05) is 0 Å². The number of nitrogens with zero attached hydrogens (tertiary/aromatic N) is 1. The Hall–Kier alpha value is -2.43. The summed E-state index contributed by atoms with van der Waals surface area (Å²) in [4.78, 5) is 14.8. The first-order valence-corrected chi connectivity index (χ1v) is 7.54. The van der Waals surface area contributed by atoms with Gasteiger partial charge in [-0.1, -0.05) is 18.2 Å². The molecule has 0 aliphatic heterocycles. The van der Waals surface area contributed by atoms with Crippen molar-refractivity contribution in [2.24, 2.45) is 0 Å². The molecule has 124 valence electrons. The van der Waals surface area contributed by atoms with Crippen molar-refractivity contribution < 1.29 is 19.0 Å². The second-order valence-corrected chi connectivity index (χ2v) is 5.23. The average Bonchev–Trinajstić information content (AvgIpc) is 3.11. The number of hydrogen-bond acceptors (Lipinski definition) is 4. The fourth-order valence-electron chi connectivity index (χ4n) is 2.75. The molecule has 1 aromatic carbocycles. The summed E-state index contributed by atoms with van der Waals surface area (Å²) in [6.07, 6.45) is 7.83. The molecule has 1 atom stereocenters. The van der Waals surface area contributed by atoms with Crippen LogP contribution in [0.2, 0.25) is 0 Å². The Morgan fingerprint density at radius 2 is 1.91 bits per heavy atom.